The van der Waals surface area contributed by atoms with Crippen LogP contribution in [0.3, 0.4) is 0 Å². The first-order chi connectivity index (χ1) is 7.76. The second-order valence-electron chi connectivity index (χ2n) is 5.83. The predicted molar refractivity (Wildman–Crippen MR) is 66.6 cm³/mol. The van der Waals surface area contributed by atoms with Gasteiger partial charge in [-0.25, -0.2) is 0 Å². The summed E-state index contributed by atoms with van der Waals surface area (Å²) in [6.07, 6.45) is 3.64. The topological polar surface area (TPSA) is 60.8 Å². The van der Waals surface area contributed by atoms with Gasteiger partial charge in [-0.2, -0.15) is 0 Å². The summed E-state index contributed by atoms with van der Waals surface area (Å²) in [4.78, 5) is 13.7. The summed E-state index contributed by atoms with van der Waals surface area (Å²) < 4.78 is 0. The lowest BCUT2D eigenvalue weighted by atomic mass is 9.97. The molecule has 0 spiro atoms. The maximum Gasteiger partial charge on any atom is 0.225 e. The van der Waals surface area contributed by atoms with Gasteiger partial charge in [0, 0.05) is 13.1 Å². The minimum absolute atomic E-state index is 0.0565. The molecular formula is C13H25NO3. The number of hydrogen-bond donors (Lipinski definition) is 2. The Hall–Kier alpha value is -0.610. The van der Waals surface area contributed by atoms with Gasteiger partial charge in [-0.1, -0.05) is 12.8 Å². The maximum atomic E-state index is 12.1. The Balaban J connectivity index is 2.54. The number of hydrogen-bond acceptors (Lipinski definition) is 3. The number of nitrogens with zero attached hydrogens (tertiary/aromatic N) is 1. The highest BCUT2D eigenvalue weighted by molar-refractivity contribution is 5.77. The van der Waals surface area contributed by atoms with Crippen molar-refractivity contribution < 1.29 is 15.0 Å². The van der Waals surface area contributed by atoms with Gasteiger partial charge < -0.3 is 15.1 Å². The number of carbonyl (C=O) groups is 1. The largest absolute Gasteiger partial charge is 0.389 e. The van der Waals surface area contributed by atoms with Crippen LogP contribution < -0.4 is 0 Å². The number of aliphatic hydroxyl groups is 2. The summed E-state index contributed by atoms with van der Waals surface area (Å²) in [5, 5.41) is 19.9. The highest BCUT2D eigenvalue weighted by Gasteiger charge is 2.35. The standard InChI is InChI=1S/C13H25NO3/c1-4-14(10-12(2,3)16)11(15)9-13(17)7-5-6-8-13/h16-17H,4-10H2,1-3H3. The van der Waals surface area contributed by atoms with Crippen molar-refractivity contribution in [1.82, 2.24) is 4.90 Å². The van der Waals surface area contributed by atoms with Crippen LogP contribution in [-0.4, -0.2) is 45.3 Å². The second-order valence-corrected chi connectivity index (χ2v) is 5.83. The summed E-state index contributed by atoms with van der Waals surface area (Å²) >= 11 is 0. The molecule has 4 heteroatoms. The van der Waals surface area contributed by atoms with Crippen LogP contribution in [0.1, 0.15) is 52.9 Å². The molecule has 0 unspecified atom stereocenters. The Morgan fingerprint density at radius 2 is 1.88 bits per heavy atom. The fourth-order valence-electron chi connectivity index (χ4n) is 2.45. The van der Waals surface area contributed by atoms with E-state index in [1.54, 1.807) is 18.7 Å². The summed E-state index contributed by atoms with van der Waals surface area (Å²) in [5.41, 5.74) is -1.69. The van der Waals surface area contributed by atoms with Crippen molar-refractivity contribution in [1.29, 1.82) is 0 Å². The fraction of sp³-hybridized carbons (Fsp3) is 0.923. The minimum Gasteiger partial charge on any atom is -0.389 e. The smallest absolute Gasteiger partial charge is 0.225 e. The van der Waals surface area contributed by atoms with Gasteiger partial charge in [-0.3, -0.25) is 4.79 Å². The molecule has 0 heterocycles. The van der Waals surface area contributed by atoms with Crippen LogP contribution in [0.25, 0.3) is 0 Å². The Morgan fingerprint density at radius 3 is 2.29 bits per heavy atom. The Bertz CT molecular complexity index is 264. The van der Waals surface area contributed by atoms with Crippen LogP contribution in [0.15, 0.2) is 0 Å². The van der Waals surface area contributed by atoms with E-state index in [0.717, 1.165) is 25.7 Å². The lowest BCUT2D eigenvalue weighted by Gasteiger charge is -2.31. The van der Waals surface area contributed by atoms with Gasteiger partial charge in [0.15, 0.2) is 0 Å². The molecule has 1 aliphatic carbocycles. The zero-order valence-corrected chi connectivity index (χ0v) is 11.2. The van der Waals surface area contributed by atoms with Crippen molar-refractivity contribution in [3.05, 3.63) is 0 Å². The van der Waals surface area contributed by atoms with Gasteiger partial charge in [-0.15, -0.1) is 0 Å². The average Bonchev–Trinajstić information content (AvgIpc) is 2.59. The zero-order valence-electron chi connectivity index (χ0n) is 11.2. The first kappa shape index (κ1) is 14.5. The predicted octanol–water partition coefficient (Wildman–Crippen LogP) is 1.30. The van der Waals surface area contributed by atoms with Gasteiger partial charge >= 0.3 is 0 Å². The van der Waals surface area contributed by atoms with Gasteiger partial charge in [0.25, 0.3) is 0 Å². The number of likely N-dealkylation sites (N-methyl/N-ethyl adjacent to an activating group) is 1. The normalized spacial score (nSPS) is 19.4. The molecule has 0 atom stereocenters. The zero-order chi connectivity index (χ0) is 13.1. The first-order valence-corrected chi connectivity index (χ1v) is 6.48. The molecule has 2 N–H and O–H groups in total. The maximum absolute atomic E-state index is 12.1. The van der Waals surface area contributed by atoms with Crippen LogP contribution in [0.5, 0.6) is 0 Å². The lowest BCUT2D eigenvalue weighted by molar-refractivity contribution is -0.139. The van der Waals surface area contributed by atoms with Crippen LogP contribution in [0, 0.1) is 0 Å². The SMILES string of the molecule is CCN(CC(C)(C)O)C(=O)CC1(O)CCCC1. The van der Waals surface area contributed by atoms with E-state index in [0.29, 0.717) is 13.1 Å². The van der Waals surface area contributed by atoms with Crippen molar-refractivity contribution in [3.8, 4) is 0 Å². The Morgan fingerprint density at radius 1 is 1.35 bits per heavy atom. The molecule has 17 heavy (non-hydrogen) atoms. The van der Waals surface area contributed by atoms with Crippen LogP contribution in [0.2, 0.25) is 0 Å². The molecule has 0 aliphatic heterocycles. The second kappa shape index (κ2) is 5.36. The summed E-state index contributed by atoms with van der Waals surface area (Å²) in [5.74, 6) is -0.0565. The molecule has 100 valence electrons. The van der Waals surface area contributed by atoms with E-state index < -0.39 is 11.2 Å². The van der Waals surface area contributed by atoms with Crippen molar-refractivity contribution in [2.45, 2.75) is 64.1 Å². The molecule has 0 bridgehead atoms. The number of amides is 1. The number of rotatable bonds is 5. The van der Waals surface area contributed by atoms with Crippen LogP contribution in [-0.2, 0) is 4.79 Å². The third-order valence-corrected chi connectivity index (χ3v) is 3.33. The van der Waals surface area contributed by atoms with Crippen molar-refractivity contribution in [2.75, 3.05) is 13.1 Å². The molecule has 0 radical (unpaired) electrons. The molecule has 4 nitrogen and oxygen atoms in total. The molecule has 0 saturated heterocycles. The van der Waals surface area contributed by atoms with Crippen molar-refractivity contribution in [3.63, 3.8) is 0 Å². The van der Waals surface area contributed by atoms with E-state index in [-0.39, 0.29) is 12.3 Å². The van der Waals surface area contributed by atoms with Crippen LogP contribution >= 0.6 is 0 Å². The highest BCUT2D eigenvalue weighted by atomic mass is 16.3. The highest BCUT2D eigenvalue weighted by Crippen LogP contribution is 2.32. The Kier molecular flexibility index (Phi) is 4.55. The molecule has 0 aromatic rings. The summed E-state index contributed by atoms with van der Waals surface area (Å²) in [6.45, 7) is 6.15. The molecule has 0 aromatic heterocycles. The molecule has 1 aliphatic rings. The van der Waals surface area contributed by atoms with Gasteiger partial charge in [0.1, 0.15) is 0 Å². The van der Waals surface area contributed by atoms with Crippen molar-refractivity contribution in [2.24, 2.45) is 0 Å². The molecule has 1 amide bonds. The first-order valence-electron chi connectivity index (χ1n) is 6.48. The fourth-order valence-corrected chi connectivity index (χ4v) is 2.45. The molecule has 1 saturated carbocycles. The summed E-state index contributed by atoms with van der Waals surface area (Å²) in [7, 11) is 0. The Labute approximate surface area is 104 Å². The van der Waals surface area contributed by atoms with E-state index in [1.807, 2.05) is 6.92 Å². The number of carbonyl (C=O) groups excluding carboxylic acids is 1. The third kappa shape index (κ3) is 4.64. The van der Waals surface area contributed by atoms with E-state index >= 15 is 0 Å². The van der Waals surface area contributed by atoms with Gasteiger partial charge in [-0.05, 0) is 33.6 Å². The van der Waals surface area contributed by atoms with E-state index in [4.69, 9.17) is 0 Å². The minimum atomic E-state index is -0.885. The monoisotopic (exact) mass is 243 g/mol. The lowest BCUT2D eigenvalue weighted by Crippen LogP contribution is -2.44. The average molecular weight is 243 g/mol. The molecule has 1 fully saturated rings. The van der Waals surface area contributed by atoms with Gasteiger partial charge in [0.05, 0.1) is 17.6 Å². The molecule has 0 aromatic carbocycles. The van der Waals surface area contributed by atoms with Crippen molar-refractivity contribution >= 4 is 5.91 Å². The van der Waals surface area contributed by atoms with E-state index in [2.05, 4.69) is 0 Å². The van der Waals surface area contributed by atoms with Crippen LogP contribution in [0.4, 0.5) is 0 Å². The quantitative estimate of drug-likeness (QED) is 0.765. The molecule has 1 rings (SSSR count). The van der Waals surface area contributed by atoms with E-state index in [1.165, 1.54) is 0 Å². The van der Waals surface area contributed by atoms with Gasteiger partial charge in [0.2, 0.25) is 5.91 Å². The molecular weight excluding hydrogens is 218 g/mol. The van der Waals surface area contributed by atoms with E-state index in [9.17, 15) is 15.0 Å². The third-order valence-electron chi connectivity index (χ3n) is 3.33. The summed E-state index contributed by atoms with van der Waals surface area (Å²) in [6, 6.07) is 0.